The highest BCUT2D eigenvalue weighted by Crippen LogP contribution is 2.15. The third-order valence-corrected chi connectivity index (χ3v) is 3.21. The predicted molar refractivity (Wildman–Crippen MR) is 69.8 cm³/mol. The summed E-state index contributed by atoms with van der Waals surface area (Å²) in [6.45, 7) is 2.23. The van der Waals surface area contributed by atoms with Crippen LogP contribution in [0.1, 0.15) is 5.56 Å². The molecule has 110 valence electrons. The van der Waals surface area contributed by atoms with E-state index in [4.69, 9.17) is 4.74 Å². The van der Waals surface area contributed by atoms with Gasteiger partial charge in [-0.1, -0.05) is 0 Å². The first-order valence-corrected chi connectivity index (χ1v) is 6.39. The maximum absolute atomic E-state index is 12.5. The van der Waals surface area contributed by atoms with Crippen molar-refractivity contribution in [2.75, 3.05) is 31.6 Å². The molecule has 0 aromatic carbocycles. The van der Waals surface area contributed by atoms with Crippen molar-refractivity contribution in [3.8, 4) is 0 Å². The molecule has 2 heterocycles. The molecule has 1 atom stereocenters. The Hall–Kier alpha value is -1.60. The zero-order chi connectivity index (χ0) is 14.5. The van der Waals surface area contributed by atoms with Crippen LogP contribution in [-0.2, 0) is 9.53 Å². The van der Waals surface area contributed by atoms with Crippen molar-refractivity contribution >= 4 is 11.6 Å². The molecule has 7 heteroatoms. The monoisotopic (exact) mass is 285 g/mol. The van der Waals surface area contributed by atoms with E-state index in [0.29, 0.717) is 18.8 Å². The van der Waals surface area contributed by atoms with Gasteiger partial charge in [-0.05, 0) is 18.6 Å². The SMILES string of the molecule is Cc1ccncc1NC(=O)C1COCCN1CC(F)F. The number of carbonyl (C=O) groups is 1. The van der Waals surface area contributed by atoms with E-state index in [1.807, 2.05) is 6.92 Å². The Morgan fingerprint density at radius 2 is 2.45 bits per heavy atom. The molecule has 5 nitrogen and oxygen atoms in total. The number of aromatic nitrogens is 1. The standard InChI is InChI=1S/C13H17F2N3O2/c1-9-2-3-16-6-10(9)17-13(19)11-8-20-5-4-18(11)7-12(14)15/h2-3,6,11-12H,4-5,7-8H2,1H3,(H,17,19). The number of aryl methyl sites for hydroxylation is 1. The molecule has 20 heavy (non-hydrogen) atoms. The number of carbonyl (C=O) groups excluding carboxylic acids is 1. The van der Waals surface area contributed by atoms with Crippen LogP contribution in [-0.4, -0.2) is 54.6 Å². The number of pyridine rings is 1. The third-order valence-electron chi connectivity index (χ3n) is 3.21. The molecule has 1 N–H and O–H groups in total. The van der Waals surface area contributed by atoms with E-state index in [1.165, 1.54) is 11.1 Å². The first-order valence-electron chi connectivity index (χ1n) is 6.39. The van der Waals surface area contributed by atoms with Gasteiger partial charge in [-0.25, -0.2) is 8.78 Å². The van der Waals surface area contributed by atoms with Gasteiger partial charge in [0.15, 0.2) is 0 Å². The smallest absolute Gasteiger partial charge is 0.251 e. The number of nitrogens with one attached hydrogen (secondary N) is 1. The van der Waals surface area contributed by atoms with Crippen LogP contribution < -0.4 is 5.32 Å². The highest BCUT2D eigenvalue weighted by molar-refractivity contribution is 5.95. The number of amides is 1. The number of hydrogen-bond donors (Lipinski definition) is 1. The van der Waals surface area contributed by atoms with E-state index in [1.54, 1.807) is 12.3 Å². The summed E-state index contributed by atoms with van der Waals surface area (Å²) in [7, 11) is 0. The van der Waals surface area contributed by atoms with Crippen LogP contribution in [0.2, 0.25) is 0 Å². The van der Waals surface area contributed by atoms with E-state index >= 15 is 0 Å². The second kappa shape index (κ2) is 6.71. The molecule has 1 unspecified atom stereocenters. The number of ether oxygens (including phenoxy) is 1. The maximum Gasteiger partial charge on any atom is 0.251 e. The van der Waals surface area contributed by atoms with Crippen molar-refractivity contribution in [2.24, 2.45) is 0 Å². The lowest BCUT2D eigenvalue weighted by atomic mass is 10.2. The minimum absolute atomic E-state index is 0.123. The van der Waals surface area contributed by atoms with E-state index < -0.39 is 19.0 Å². The Morgan fingerprint density at radius 1 is 1.65 bits per heavy atom. The molecule has 1 aromatic rings. The molecular formula is C13H17F2N3O2. The molecule has 1 aromatic heterocycles. The number of alkyl halides is 2. The highest BCUT2D eigenvalue weighted by Gasteiger charge is 2.31. The minimum Gasteiger partial charge on any atom is -0.378 e. The first-order chi connectivity index (χ1) is 9.58. The molecule has 1 amide bonds. The van der Waals surface area contributed by atoms with Gasteiger partial charge in [0.1, 0.15) is 6.04 Å². The fourth-order valence-corrected chi connectivity index (χ4v) is 2.09. The first kappa shape index (κ1) is 14.8. The van der Waals surface area contributed by atoms with Gasteiger partial charge in [0, 0.05) is 12.7 Å². The molecule has 0 radical (unpaired) electrons. The fraction of sp³-hybridized carbons (Fsp3) is 0.538. The van der Waals surface area contributed by atoms with Crippen LogP contribution in [0.25, 0.3) is 0 Å². The Labute approximate surface area is 115 Å². The molecule has 1 saturated heterocycles. The largest absolute Gasteiger partial charge is 0.378 e. The third kappa shape index (κ3) is 3.71. The quantitative estimate of drug-likeness (QED) is 0.906. The minimum atomic E-state index is -2.47. The maximum atomic E-state index is 12.5. The summed E-state index contributed by atoms with van der Waals surface area (Å²) in [6.07, 6.45) is 0.690. The van der Waals surface area contributed by atoms with Gasteiger partial charge < -0.3 is 10.1 Å². The lowest BCUT2D eigenvalue weighted by molar-refractivity contribution is -0.128. The van der Waals surface area contributed by atoms with Crippen LogP contribution in [0.3, 0.4) is 0 Å². The molecule has 1 aliphatic heterocycles. The van der Waals surface area contributed by atoms with Crippen LogP contribution in [0.15, 0.2) is 18.5 Å². The zero-order valence-electron chi connectivity index (χ0n) is 11.2. The van der Waals surface area contributed by atoms with Crippen LogP contribution in [0, 0.1) is 6.92 Å². The molecular weight excluding hydrogens is 268 g/mol. The molecule has 1 aliphatic rings. The number of rotatable bonds is 4. The lowest BCUT2D eigenvalue weighted by Gasteiger charge is -2.34. The Morgan fingerprint density at radius 3 is 3.15 bits per heavy atom. The summed E-state index contributed by atoms with van der Waals surface area (Å²) in [5, 5.41) is 2.72. The second-order valence-corrected chi connectivity index (χ2v) is 4.66. The molecule has 0 spiro atoms. The van der Waals surface area contributed by atoms with E-state index in [9.17, 15) is 13.6 Å². The highest BCUT2D eigenvalue weighted by atomic mass is 19.3. The van der Waals surface area contributed by atoms with E-state index in [-0.39, 0.29) is 12.5 Å². The van der Waals surface area contributed by atoms with Crippen molar-refractivity contribution in [3.63, 3.8) is 0 Å². The van der Waals surface area contributed by atoms with Crippen molar-refractivity contribution < 1.29 is 18.3 Å². The summed E-state index contributed by atoms with van der Waals surface area (Å²) in [5.74, 6) is -0.346. The fourth-order valence-electron chi connectivity index (χ4n) is 2.09. The summed E-state index contributed by atoms with van der Waals surface area (Å²) in [5.41, 5.74) is 1.45. The molecule has 0 bridgehead atoms. The van der Waals surface area contributed by atoms with E-state index in [0.717, 1.165) is 5.56 Å². The zero-order valence-corrected chi connectivity index (χ0v) is 11.2. The molecule has 1 fully saturated rings. The van der Waals surface area contributed by atoms with Gasteiger partial charge in [-0.2, -0.15) is 0 Å². The van der Waals surface area contributed by atoms with E-state index in [2.05, 4.69) is 10.3 Å². The van der Waals surface area contributed by atoms with Gasteiger partial charge in [0.05, 0.1) is 31.6 Å². The van der Waals surface area contributed by atoms with Gasteiger partial charge in [-0.3, -0.25) is 14.7 Å². The topological polar surface area (TPSA) is 54.5 Å². The Bertz CT molecular complexity index is 471. The molecule has 0 saturated carbocycles. The van der Waals surface area contributed by atoms with Gasteiger partial charge in [0.25, 0.3) is 6.43 Å². The van der Waals surface area contributed by atoms with Crippen molar-refractivity contribution in [1.82, 2.24) is 9.88 Å². The Kier molecular flexibility index (Phi) is 4.97. The molecule has 0 aliphatic carbocycles. The van der Waals surface area contributed by atoms with Crippen molar-refractivity contribution in [3.05, 3.63) is 24.0 Å². The van der Waals surface area contributed by atoms with Crippen molar-refractivity contribution in [2.45, 2.75) is 19.4 Å². The normalized spacial score (nSPS) is 20.1. The number of nitrogens with zero attached hydrogens (tertiary/aromatic N) is 2. The second-order valence-electron chi connectivity index (χ2n) is 4.66. The predicted octanol–water partition coefficient (Wildman–Crippen LogP) is 1.29. The Balaban J connectivity index is 2.04. The lowest BCUT2D eigenvalue weighted by Crippen LogP contribution is -2.53. The summed E-state index contributed by atoms with van der Waals surface area (Å²) >= 11 is 0. The average Bonchev–Trinajstić information content (AvgIpc) is 2.41. The van der Waals surface area contributed by atoms with Gasteiger partial charge in [0.2, 0.25) is 5.91 Å². The number of hydrogen-bond acceptors (Lipinski definition) is 4. The average molecular weight is 285 g/mol. The summed E-state index contributed by atoms with van der Waals surface area (Å²) < 4.78 is 30.3. The van der Waals surface area contributed by atoms with Gasteiger partial charge >= 0.3 is 0 Å². The summed E-state index contributed by atoms with van der Waals surface area (Å²) in [4.78, 5) is 17.6. The summed E-state index contributed by atoms with van der Waals surface area (Å²) in [6, 6.07) is 1.07. The number of anilines is 1. The number of halogens is 2. The van der Waals surface area contributed by atoms with Crippen LogP contribution in [0.4, 0.5) is 14.5 Å². The van der Waals surface area contributed by atoms with Crippen LogP contribution in [0.5, 0.6) is 0 Å². The van der Waals surface area contributed by atoms with Crippen molar-refractivity contribution in [1.29, 1.82) is 0 Å². The number of morpholine rings is 1. The molecule has 2 rings (SSSR count). The van der Waals surface area contributed by atoms with Gasteiger partial charge in [-0.15, -0.1) is 0 Å². The van der Waals surface area contributed by atoms with Crippen LogP contribution >= 0.6 is 0 Å².